The summed E-state index contributed by atoms with van der Waals surface area (Å²) in [5.74, 6) is 0.405. The number of phenolic OH excluding ortho intramolecular Hbond substituents is 2. The maximum Gasteiger partial charge on any atom is 0.177 e. The largest absolute Gasteiger partial charge is 0.508 e. The summed E-state index contributed by atoms with van der Waals surface area (Å²) in [5.41, 5.74) is 1.09. The molecule has 0 bridgehead atoms. The molecule has 9 heteroatoms. The summed E-state index contributed by atoms with van der Waals surface area (Å²) < 4.78 is 17.9. The molecular weight excluding hydrogens is 418 g/mol. The van der Waals surface area contributed by atoms with Crippen LogP contribution in [-0.2, 0) is 0 Å². The Labute approximate surface area is 182 Å². The van der Waals surface area contributed by atoms with E-state index < -0.39 is 24.4 Å². The van der Waals surface area contributed by atoms with E-state index in [0.29, 0.717) is 22.8 Å². The van der Waals surface area contributed by atoms with Crippen molar-refractivity contribution in [1.82, 2.24) is 4.98 Å². The zero-order valence-electron chi connectivity index (χ0n) is 16.9. The highest BCUT2D eigenvalue weighted by Gasteiger charge is 2.40. The number of phenols is 2. The molecule has 3 aromatic rings. The molecule has 2 aliphatic rings. The molecule has 0 saturated carbocycles. The van der Waals surface area contributed by atoms with Crippen molar-refractivity contribution in [2.45, 2.75) is 37.4 Å². The molecule has 0 saturated heterocycles. The van der Waals surface area contributed by atoms with Gasteiger partial charge in [0.15, 0.2) is 23.7 Å². The number of aromatic hydroxyl groups is 3. The van der Waals surface area contributed by atoms with Crippen LogP contribution in [0.25, 0.3) is 0 Å². The summed E-state index contributed by atoms with van der Waals surface area (Å²) in [4.78, 5) is 4.20. The van der Waals surface area contributed by atoms with Gasteiger partial charge in [-0.15, -0.1) is 0 Å². The number of pyridine rings is 1. The van der Waals surface area contributed by atoms with Gasteiger partial charge in [-0.3, -0.25) is 4.98 Å². The Bertz CT molecular complexity index is 1170. The van der Waals surface area contributed by atoms with E-state index in [9.17, 15) is 25.5 Å². The number of aliphatic hydroxyl groups excluding tert-OH is 2. The molecule has 32 heavy (non-hydrogen) atoms. The molecule has 5 rings (SSSR count). The number of aliphatic hydroxyl groups is 2. The fourth-order valence-electron chi connectivity index (χ4n) is 4.05. The van der Waals surface area contributed by atoms with Gasteiger partial charge in [-0.2, -0.15) is 0 Å². The van der Waals surface area contributed by atoms with Gasteiger partial charge in [0.2, 0.25) is 0 Å². The van der Waals surface area contributed by atoms with Crippen molar-refractivity contribution < 1.29 is 39.7 Å². The zero-order valence-corrected chi connectivity index (χ0v) is 16.9. The Morgan fingerprint density at radius 1 is 0.781 bits per heavy atom. The van der Waals surface area contributed by atoms with E-state index in [1.54, 1.807) is 24.3 Å². The third-order valence-corrected chi connectivity index (χ3v) is 5.64. The van der Waals surface area contributed by atoms with Gasteiger partial charge in [-0.05, 0) is 36.8 Å². The number of rotatable bonds is 2. The first-order valence-corrected chi connectivity index (χ1v) is 10.0. The summed E-state index contributed by atoms with van der Waals surface area (Å²) in [6.45, 7) is 1.84. The van der Waals surface area contributed by atoms with Crippen LogP contribution < -0.4 is 14.2 Å². The minimum atomic E-state index is -1.42. The standard InChI is InChI=1S/C23H21NO8/c1-10-22(14-4-3-12(25)9-24-14)31-17-6-11(2-5-16(17)30-10)23-21(29)20(28)19-15(27)7-13(26)8-18(19)32-23/h2-10,20-23,25-29H,1H3. The molecule has 9 nitrogen and oxygen atoms in total. The summed E-state index contributed by atoms with van der Waals surface area (Å²) in [7, 11) is 0. The van der Waals surface area contributed by atoms with Crippen LogP contribution in [-0.4, -0.2) is 42.7 Å². The Morgan fingerprint density at radius 2 is 1.56 bits per heavy atom. The summed E-state index contributed by atoms with van der Waals surface area (Å²) in [5, 5.41) is 50.6. The number of aromatic nitrogens is 1. The predicted octanol–water partition coefficient (Wildman–Crippen LogP) is 2.63. The molecule has 0 radical (unpaired) electrons. The van der Waals surface area contributed by atoms with E-state index in [0.717, 1.165) is 6.07 Å². The Kier molecular flexibility index (Phi) is 4.72. The second-order valence-electron chi connectivity index (χ2n) is 7.86. The highest BCUT2D eigenvalue weighted by Crippen LogP contribution is 2.48. The maximum absolute atomic E-state index is 10.7. The van der Waals surface area contributed by atoms with Crippen molar-refractivity contribution in [1.29, 1.82) is 0 Å². The van der Waals surface area contributed by atoms with Gasteiger partial charge >= 0.3 is 0 Å². The van der Waals surface area contributed by atoms with Crippen molar-refractivity contribution in [3.8, 4) is 34.5 Å². The lowest BCUT2D eigenvalue weighted by Crippen LogP contribution is -2.35. The third kappa shape index (κ3) is 3.31. The number of benzene rings is 2. The van der Waals surface area contributed by atoms with Crippen molar-refractivity contribution >= 4 is 0 Å². The van der Waals surface area contributed by atoms with Crippen LogP contribution in [0.2, 0.25) is 0 Å². The first-order valence-electron chi connectivity index (χ1n) is 10.0. The van der Waals surface area contributed by atoms with Crippen molar-refractivity contribution in [2.75, 3.05) is 0 Å². The van der Waals surface area contributed by atoms with Gasteiger partial charge in [0.05, 0.1) is 17.5 Å². The lowest BCUT2D eigenvalue weighted by molar-refractivity contribution is -0.0712. The highest BCUT2D eigenvalue weighted by atomic mass is 16.6. The van der Waals surface area contributed by atoms with Gasteiger partial charge in [0, 0.05) is 12.1 Å². The normalized spacial score (nSPS) is 26.2. The number of hydrogen-bond donors (Lipinski definition) is 5. The Hall–Kier alpha value is -3.69. The van der Waals surface area contributed by atoms with Crippen LogP contribution in [0.4, 0.5) is 0 Å². The van der Waals surface area contributed by atoms with E-state index in [2.05, 4.69) is 4.98 Å². The molecule has 1 aromatic heterocycles. The molecule has 2 aliphatic heterocycles. The average molecular weight is 439 g/mol. The fraction of sp³-hybridized carbons (Fsp3) is 0.261. The van der Waals surface area contributed by atoms with Crippen molar-refractivity contribution in [2.24, 2.45) is 0 Å². The molecular formula is C23H21NO8. The van der Waals surface area contributed by atoms with E-state index in [1.807, 2.05) is 6.92 Å². The molecule has 0 fully saturated rings. The van der Waals surface area contributed by atoms with Crippen molar-refractivity contribution in [3.05, 3.63) is 65.5 Å². The quantitative estimate of drug-likeness (QED) is 0.407. The Balaban J connectivity index is 1.48. The van der Waals surface area contributed by atoms with Crippen molar-refractivity contribution in [3.63, 3.8) is 0 Å². The Morgan fingerprint density at radius 3 is 2.31 bits per heavy atom. The topological polar surface area (TPSA) is 142 Å². The van der Waals surface area contributed by atoms with E-state index in [-0.39, 0.29) is 34.7 Å². The lowest BCUT2D eigenvalue weighted by atomic mass is 9.91. The van der Waals surface area contributed by atoms with Crippen LogP contribution in [0.1, 0.15) is 42.1 Å². The first-order chi connectivity index (χ1) is 15.3. The summed E-state index contributed by atoms with van der Waals surface area (Å²) in [6.07, 6.45) is -3.34. The second-order valence-corrected chi connectivity index (χ2v) is 7.86. The van der Waals surface area contributed by atoms with Gasteiger partial charge in [0.25, 0.3) is 0 Å². The molecule has 5 unspecified atom stereocenters. The van der Waals surface area contributed by atoms with Crippen LogP contribution in [0.5, 0.6) is 34.5 Å². The van der Waals surface area contributed by atoms with Gasteiger partial charge in [0.1, 0.15) is 41.3 Å². The number of nitrogens with zero attached hydrogens (tertiary/aromatic N) is 1. The molecule has 3 heterocycles. The average Bonchev–Trinajstić information content (AvgIpc) is 2.75. The number of ether oxygens (including phenoxy) is 3. The smallest absolute Gasteiger partial charge is 0.177 e. The molecule has 5 atom stereocenters. The van der Waals surface area contributed by atoms with Gasteiger partial charge < -0.3 is 39.7 Å². The van der Waals surface area contributed by atoms with Gasteiger partial charge in [-0.1, -0.05) is 6.07 Å². The minimum absolute atomic E-state index is 0.0105. The van der Waals surface area contributed by atoms with Crippen LogP contribution in [0.3, 0.4) is 0 Å². The molecule has 5 N–H and O–H groups in total. The summed E-state index contributed by atoms with van der Waals surface area (Å²) >= 11 is 0. The monoisotopic (exact) mass is 439 g/mol. The minimum Gasteiger partial charge on any atom is -0.508 e. The second kappa shape index (κ2) is 7.47. The zero-order chi connectivity index (χ0) is 22.6. The number of fused-ring (bicyclic) bond motifs is 2. The SMILES string of the molecule is CC1Oc2ccc(C3Oc4cc(O)cc(O)c4C(O)C3O)cc2OC1c1ccc(O)cn1. The molecule has 2 aromatic carbocycles. The van der Waals surface area contributed by atoms with Gasteiger partial charge in [-0.25, -0.2) is 0 Å². The predicted molar refractivity (Wildman–Crippen MR) is 110 cm³/mol. The summed E-state index contributed by atoms with van der Waals surface area (Å²) in [6, 6.07) is 10.5. The number of hydrogen-bond acceptors (Lipinski definition) is 9. The third-order valence-electron chi connectivity index (χ3n) is 5.64. The van der Waals surface area contributed by atoms with Crippen LogP contribution >= 0.6 is 0 Å². The van der Waals surface area contributed by atoms with Crippen LogP contribution in [0.15, 0.2) is 48.7 Å². The molecule has 0 aliphatic carbocycles. The van der Waals surface area contributed by atoms with E-state index in [4.69, 9.17) is 14.2 Å². The highest BCUT2D eigenvalue weighted by molar-refractivity contribution is 5.53. The first kappa shape index (κ1) is 20.2. The van der Waals surface area contributed by atoms with E-state index in [1.165, 1.54) is 18.3 Å². The molecule has 0 amide bonds. The lowest BCUT2D eigenvalue weighted by Gasteiger charge is -2.36. The maximum atomic E-state index is 10.7. The van der Waals surface area contributed by atoms with Crippen LogP contribution in [0, 0.1) is 0 Å². The molecule has 0 spiro atoms. The fourth-order valence-corrected chi connectivity index (χ4v) is 4.05. The molecule has 166 valence electrons. The van der Waals surface area contributed by atoms with E-state index >= 15 is 0 Å².